The molecule has 0 saturated heterocycles. The summed E-state index contributed by atoms with van der Waals surface area (Å²) in [5.41, 5.74) is 23.0. The van der Waals surface area contributed by atoms with Crippen LogP contribution in [0.15, 0.2) is 27.4 Å². The highest BCUT2D eigenvalue weighted by molar-refractivity contribution is 6.04. The largest absolute Gasteiger partial charge is 0.481 e. The lowest BCUT2D eigenvalue weighted by Gasteiger charge is -2.24. The minimum absolute atomic E-state index is 0.0103. The molecule has 0 saturated carbocycles. The average Bonchev–Trinajstić information content (AvgIpc) is 2.92. The number of ketones is 1. The Morgan fingerprint density at radius 2 is 1.52 bits per heavy atom. The molecule has 0 radical (unpaired) electrons. The molecule has 13 nitrogen and oxygen atoms in total. The molecule has 2 amide bonds. The van der Waals surface area contributed by atoms with E-state index in [1.807, 2.05) is 0 Å². The van der Waals surface area contributed by atoms with E-state index in [4.69, 9.17) is 32.5 Å². The van der Waals surface area contributed by atoms with Crippen LogP contribution in [0.3, 0.4) is 0 Å². The first-order valence-electron chi connectivity index (χ1n) is 13.4. The fourth-order valence-electron chi connectivity index (χ4n) is 4.21. The second kappa shape index (κ2) is 15.7. The molecule has 0 aliphatic carbocycles. The lowest BCUT2D eigenvalue weighted by atomic mass is 9.97. The summed E-state index contributed by atoms with van der Waals surface area (Å²) in [6.45, 7) is 2.48. The maximum absolute atomic E-state index is 13.5. The Morgan fingerprint density at radius 3 is 2.12 bits per heavy atom. The van der Waals surface area contributed by atoms with Gasteiger partial charge in [-0.2, -0.15) is 0 Å². The van der Waals surface area contributed by atoms with E-state index < -0.39 is 47.3 Å². The highest BCUT2D eigenvalue weighted by Gasteiger charge is 2.29. The Labute approximate surface area is 232 Å². The van der Waals surface area contributed by atoms with Crippen molar-refractivity contribution in [3.8, 4) is 0 Å². The number of carbonyl (C=O) groups is 4. The molecule has 2 rings (SSSR count). The van der Waals surface area contributed by atoms with Crippen molar-refractivity contribution in [3.63, 3.8) is 0 Å². The molecule has 1 aromatic carbocycles. The third-order valence-electron chi connectivity index (χ3n) is 6.66. The van der Waals surface area contributed by atoms with E-state index in [0.29, 0.717) is 49.7 Å². The zero-order valence-corrected chi connectivity index (χ0v) is 22.7. The number of aryl methyl sites for hydroxylation is 1. The molecule has 11 N–H and O–H groups in total. The second-order valence-electron chi connectivity index (χ2n) is 9.73. The number of carbonyl (C=O) groups excluding carboxylic acids is 3. The second-order valence-corrected chi connectivity index (χ2v) is 9.73. The number of benzene rings is 1. The van der Waals surface area contributed by atoms with Crippen LogP contribution in [0.25, 0.3) is 11.0 Å². The first-order chi connectivity index (χ1) is 19.0. The van der Waals surface area contributed by atoms with Crippen molar-refractivity contribution in [2.75, 3.05) is 18.8 Å². The van der Waals surface area contributed by atoms with Crippen LogP contribution in [0.1, 0.15) is 67.3 Å². The van der Waals surface area contributed by atoms with E-state index in [1.165, 1.54) is 6.07 Å². The van der Waals surface area contributed by atoms with Crippen LogP contribution < -0.4 is 39.2 Å². The zero-order chi connectivity index (χ0) is 29.8. The summed E-state index contributed by atoms with van der Waals surface area (Å²) in [5.74, 6) is -2.75. The number of fused-ring (bicyclic) bond motifs is 1. The maximum atomic E-state index is 13.5. The molecule has 0 unspecified atom stereocenters. The van der Waals surface area contributed by atoms with Gasteiger partial charge in [-0.05, 0) is 76.6 Å². The number of rotatable bonds is 17. The van der Waals surface area contributed by atoms with Gasteiger partial charge in [0.05, 0.1) is 12.1 Å². The standard InChI is InChI=1S/C27H40N6O7/c1-15-17-9-8-16(14-21(17)40-27(39)23(15)31)24(36)19(6-2-4-12-28)32-26(38)20(7-3-5-13-29)33-25(37)18(30)10-11-22(34)35/h8-9,14,18-20H,2-7,10-13,28-31H2,1H3,(H,32,38)(H,33,37)(H,34,35)/t18-,19-,20-/m0/s1. The van der Waals surface area contributed by atoms with E-state index in [9.17, 15) is 24.0 Å². The molecule has 13 heteroatoms. The zero-order valence-electron chi connectivity index (χ0n) is 22.7. The van der Waals surface area contributed by atoms with Gasteiger partial charge in [-0.25, -0.2) is 4.79 Å². The van der Waals surface area contributed by atoms with Crippen molar-refractivity contribution >= 4 is 40.2 Å². The monoisotopic (exact) mass is 560 g/mol. The van der Waals surface area contributed by atoms with Gasteiger partial charge in [0.1, 0.15) is 17.3 Å². The minimum atomic E-state index is -1.12. The molecule has 0 bridgehead atoms. The number of hydrogen-bond acceptors (Lipinski definition) is 10. The first-order valence-corrected chi connectivity index (χ1v) is 13.4. The Kier molecular flexibility index (Phi) is 12.7. The summed E-state index contributed by atoms with van der Waals surface area (Å²) < 4.78 is 5.27. The van der Waals surface area contributed by atoms with Gasteiger partial charge in [-0.3, -0.25) is 19.2 Å². The summed E-state index contributed by atoms with van der Waals surface area (Å²) in [6.07, 6.45) is 2.44. The van der Waals surface area contributed by atoms with Crippen molar-refractivity contribution in [2.24, 2.45) is 17.2 Å². The first kappa shape index (κ1) is 32.4. The normalized spacial score (nSPS) is 13.4. The predicted octanol–water partition coefficient (Wildman–Crippen LogP) is 0.286. The number of nitrogens with one attached hydrogen (secondary N) is 2. The van der Waals surface area contributed by atoms with Crippen LogP contribution in [0.5, 0.6) is 0 Å². The Morgan fingerprint density at radius 1 is 0.925 bits per heavy atom. The van der Waals surface area contributed by atoms with Gasteiger partial charge in [0.25, 0.3) is 0 Å². The van der Waals surface area contributed by atoms with Gasteiger partial charge < -0.3 is 43.1 Å². The van der Waals surface area contributed by atoms with Crippen LogP contribution in [-0.2, 0) is 14.4 Å². The quantitative estimate of drug-likeness (QED) is 0.0786. The number of aliphatic carboxylic acids is 1. The Hall–Kier alpha value is -3.81. The lowest BCUT2D eigenvalue weighted by molar-refractivity contribution is -0.137. The van der Waals surface area contributed by atoms with Gasteiger partial charge in [0.2, 0.25) is 11.8 Å². The lowest BCUT2D eigenvalue weighted by Crippen LogP contribution is -2.54. The smallest absolute Gasteiger partial charge is 0.359 e. The SMILES string of the molecule is Cc1c(N)c(=O)oc2cc(C(=O)[C@H](CCCCN)NC(=O)[C@H](CCCCN)NC(=O)[C@@H](N)CCC(=O)O)ccc12. The van der Waals surface area contributed by atoms with E-state index in [1.54, 1.807) is 19.1 Å². The van der Waals surface area contributed by atoms with E-state index in [0.717, 1.165) is 0 Å². The van der Waals surface area contributed by atoms with Gasteiger partial charge in [0, 0.05) is 17.4 Å². The Bertz CT molecular complexity index is 1260. The number of anilines is 1. The number of nitrogens with two attached hydrogens (primary N) is 4. The molecule has 40 heavy (non-hydrogen) atoms. The number of Topliss-reactive ketones (excluding diaryl/α,β-unsaturated/α-hetero) is 1. The molecule has 0 aliphatic heterocycles. The van der Waals surface area contributed by atoms with Crippen LogP contribution in [0.4, 0.5) is 5.69 Å². The van der Waals surface area contributed by atoms with Gasteiger partial charge in [-0.1, -0.05) is 12.1 Å². The predicted molar refractivity (Wildman–Crippen MR) is 150 cm³/mol. The van der Waals surface area contributed by atoms with Crippen molar-refractivity contribution in [2.45, 2.75) is 76.4 Å². The highest BCUT2D eigenvalue weighted by Crippen LogP contribution is 2.23. The van der Waals surface area contributed by atoms with E-state index in [-0.39, 0.29) is 42.5 Å². The Balaban J connectivity index is 2.29. The number of carboxylic acids is 1. The molecule has 2 aromatic rings. The average molecular weight is 561 g/mol. The van der Waals surface area contributed by atoms with Crippen LogP contribution in [-0.4, -0.2) is 59.9 Å². The number of amides is 2. The summed E-state index contributed by atoms with van der Waals surface area (Å²) >= 11 is 0. The van der Waals surface area contributed by atoms with Gasteiger partial charge in [-0.15, -0.1) is 0 Å². The molecular formula is C27H40N6O7. The summed E-state index contributed by atoms with van der Waals surface area (Å²) in [6, 6.07) is 1.56. The highest BCUT2D eigenvalue weighted by atomic mass is 16.4. The number of unbranched alkanes of at least 4 members (excludes halogenated alkanes) is 2. The van der Waals surface area contributed by atoms with Crippen LogP contribution >= 0.6 is 0 Å². The molecule has 0 fully saturated rings. The van der Waals surface area contributed by atoms with Crippen LogP contribution in [0, 0.1) is 6.92 Å². The van der Waals surface area contributed by atoms with E-state index >= 15 is 0 Å². The molecule has 3 atom stereocenters. The topological polar surface area (TPSA) is 247 Å². The maximum Gasteiger partial charge on any atom is 0.359 e. The van der Waals surface area contributed by atoms with E-state index in [2.05, 4.69) is 10.6 Å². The molecule has 0 aliphatic rings. The number of hydrogen-bond donors (Lipinski definition) is 7. The van der Waals surface area contributed by atoms with Crippen LogP contribution in [0.2, 0.25) is 0 Å². The number of carboxylic acid groups (broad SMARTS) is 1. The molecule has 1 aromatic heterocycles. The third kappa shape index (κ3) is 9.14. The summed E-state index contributed by atoms with van der Waals surface area (Å²) in [4.78, 5) is 62.4. The summed E-state index contributed by atoms with van der Waals surface area (Å²) in [5, 5.41) is 14.8. The number of nitrogen functional groups attached to an aromatic ring is 1. The van der Waals surface area contributed by atoms with Crippen molar-refractivity contribution in [3.05, 3.63) is 39.7 Å². The van der Waals surface area contributed by atoms with Crippen molar-refractivity contribution < 1.29 is 28.7 Å². The molecule has 220 valence electrons. The van der Waals surface area contributed by atoms with Crippen molar-refractivity contribution in [1.82, 2.24) is 10.6 Å². The fraction of sp³-hybridized carbons (Fsp3) is 0.519. The third-order valence-corrected chi connectivity index (χ3v) is 6.66. The molecule has 1 heterocycles. The van der Waals surface area contributed by atoms with Gasteiger partial charge >= 0.3 is 11.6 Å². The van der Waals surface area contributed by atoms with Gasteiger partial charge in [0.15, 0.2) is 5.78 Å². The fourth-order valence-corrected chi connectivity index (χ4v) is 4.21. The molecular weight excluding hydrogens is 520 g/mol. The minimum Gasteiger partial charge on any atom is -0.481 e. The molecule has 0 spiro atoms. The summed E-state index contributed by atoms with van der Waals surface area (Å²) in [7, 11) is 0. The van der Waals surface area contributed by atoms with Crippen molar-refractivity contribution in [1.29, 1.82) is 0 Å².